The van der Waals surface area contributed by atoms with Gasteiger partial charge in [0.2, 0.25) is 11.7 Å². The Kier molecular flexibility index (Phi) is 9.44. The van der Waals surface area contributed by atoms with Gasteiger partial charge in [0.1, 0.15) is 11.7 Å². The number of nitro benzene ring substituents is 1. The zero-order valence-electron chi connectivity index (χ0n) is 26.6. The Morgan fingerprint density at radius 3 is 2.49 bits per heavy atom. The summed E-state index contributed by atoms with van der Waals surface area (Å²) in [5.74, 6) is -2.97. The molecule has 0 heterocycles. The molecule has 4 N–H and O–H groups in total. The number of allylic oxidation sites excluding steroid dienone is 1. The van der Waals surface area contributed by atoms with Gasteiger partial charge in [0.15, 0.2) is 18.4 Å². The molecule has 0 bridgehead atoms. The highest BCUT2D eigenvalue weighted by Crippen LogP contribution is 2.67. The van der Waals surface area contributed by atoms with Crippen LogP contribution in [0.15, 0.2) is 35.9 Å². The summed E-state index contributed by atoms with van der Waals surface area (Å²) in [7, 11) is 0. The number of benzene rings is 1. The fourth-order valence-electron chi connectivity index (χ4n) is 9.12. The SMILES string of the molecule is C[C@]12CCC(=O)C=C1CC[C@H]1[C@H]2CC[C@@]2(C)[C@H]1CC[C@]2(O)C(=O)COC(=O)CCC(=O)N[C@@H](C(=O)O)[C@H](O)c1cccc([N+](=O)[O-])c1. The third-order valence-corrected chi connectivity index (χ3v) is 11.8. The molecule has 1 aromatic carbocycles. The van der Waals surface area contributed by atoms with E-state index in [9.17, 15) is 49.4 Å². The van der Waals surface area contributed by atoms with Crippen molar-refractivity contribution >= 4 is 35.1 Å². The Bertz CT molecular complexity index is 1520. The molecule has 0 aromatic heterocycles. The number of hydrogen-bond acceptors (Lipinski definition) is 10. The van der Waals surface area contributed by atoms with Gasteiger partial charge in [-0.15, -0.1) is 0 Å². The number of Topliss-reactive ketones (excluding diaryl/α,β-unsaturated/α-hetero) is 1. The number of aliphatic hydroxyl groups excluding tert-OH is 1. The third kappa shape index (κ3) is 6.22. The molecule has 0 aliphatic heterocycles. The zero-order valence-corrected chi connectivity index (χ0v) is 26.6. The second-order valence-electron chi connectivity index (χ2n) is 14.1. The van der Waals surface area contributed by atoms with Crippen LogP contribution in [0.2, 0.25) is 0 Å². The number of carbonyl (C=O) groups excluding carboxylic acids is 4. The van der Waals surface area contributed by atoms with Crippen molar-refractivity contribution in [1.82, 2.24) is 5.32 Å². The average Bonchev–Trinajstić information content (AvgIpc) is 3.32. The standard InChI is InChI=1S/C34H42N2O11/c1-32-13-10-22(37)17-20(32)6-7-23-24(32)11-14-33(2)25(23)12-15-34(33,44)26(38)18-47-28(40)9-8-27(39)35-29(31(42)43)30(41)19-4-3-5-21(16-19)36(45)46/h3-5,16-17,23-25,29-30,41,44H,6-15,18H2,1-2H3,(H,35,39)(H,42,43)/t23-,24+,25-,29+,30+,32-,33-,34-/m0/s1. The minimum absolute atomic E-state index is 0.0461. The van der Waals surface area contributed by atoms with Crippen molar-refractivity contribution in [1.29, 1.82) is 0 Å². The van der Waals surface area contributed by atoms with Gasteiger partial charge in [-0.3, -0.25) is 29.3 Å². The van der Waals surface area contributed by atoms with Crippen molar-refractivity contribution in [3.63, 3.8) is 0 Å². The van der Waals surface area contributed by atoms with Crippen LogP contribution in [-0.4, -0.2) is 67.9 Å². The number of nitro groups is 1. The summed E-state index contributed by atoms with van der Waals surface area (Å²) in [5.41, 5.74) is -1.63. The van der Waals surface area contributed by atoms with Crippen molar-refractivity contribution in [2.24, 2.45) is 28.6 Å². The summed E-state index contributed by atoms with van der Waals surface area (Å²) in [4.78, 5) is 72.6. The van der Waals surface area contributed by atoms with Gasteiger partial charge in [-0.05, 0) is 79.8 Å². The number of amides is 1. The number of hydrogen-bond donors (Lipinski definition) is 4. The van der Waals surface area contributed by atoms with Gasteiger partial charge in [-0.1, -0.05) is 31.6 Å². The number of nitrogens with zero attached hydrogens (tertiary/aromatic N) is 1. The molecule has 47 heavy (non-hydrogen) atoms. The van der Waals surface area contributed by atoms with Crippen LogP contribution in [0.4, 0.5) is 5.69 Å². The van der Waals surface area contributed by atoms with E-state index in [4.69, 9.17) is 4.74 Å². The summed E-state index contributed by atoms with van der Waals surface area (Å²) in [6.45, 7) is 3.56. The molecule has 1 amide bonds. The summed E-state index contributed by atoms with van der Waals surface area (Å²) in [6, 6.07) is 2.86. The lowest BCUT2D eigenvalue weighted by molar-refractivity contribution is -0.385. The molecule has 0 saturated heterocycles. The van der Waals surface area contributed by atoms with Gasteiger partial charge in [-0.2, -0.15) is 0 Å². The number of nitrogens with one attached hydrogen (secondary N) is 1. The minimum Gasteiger partial charge on any atom is -0.480 e. The van der Waals surface area contributed by atoms with Crippen LogP contribution in [0.3, 0.4) is 0 Å². The number of fused-ring (bicyclic) bond motifs is 5. The van der Waals surface area contributed by atoms with Crippen LogP contribution in [0.25, 0.3) is 0 Å². The first-order valence-corrected chi connectivity index (χ1v) is 16.2. The molecule has 3 fully saturated rings. The molecule has 5 rings (SSSR count). The van der Waals surface area contributed by atoms with Crippen molar-refractivity contribution in [2.75, 3.05) is 6.61 Å². The predicted octanol–water partition coefficient (Wildman–Crippen LogP) is 3.35. The average molecular weight is 655 g/mol. The van der Waals surface area contributed by atoms with E-state index in [1.165, 1.54) is 23.8 Å². The molecule has 0 radical (unpaired) electrons. The fraction of sp³-hybridized carbons (Fsp3) is 0.618. The number of ketones is 2. The van der Waals surface area contributed by atoms with Crippen LogP contribution in [-0.2, 0) is 28.7 Å². The van der Waals surface area contributed by atoms with Crippen LogP contribution < -0.4 is 5.32 Å². The maximum atomic E-state index is 13.5. The van der Waals surface area contributed by atoms with Gasteiger partial charge in [0, 0.05) is 30.4 Å². The molecule has 4 aliphatic rings. The largest absolute Gasteiger partial charge is 0.480 e. The fourth-order valence-corrected chi connectivity index (χ4v) is 9.12. The lowest BCUT2D eigenvalue weighted by atomic mass is 9.46. The van der Waals surface area contributed by atoms with Crippen molar-refractivity contribution in [2.45, 2.75) is 95.8 Å². The maximum Gasteiger partial charge on any atom is 0.329 e. The highest BCUT2D eigenvalue weighted by molar-refractivity contribution is 5.92. The highest BCUT2D eigenvalue weighted by Gasteiger charge is 2.66. The smallest absolute Gasteiger partial charge is 0.329 e. The third-order valence-electron chi connectivity index (χ3n) is 11.8. The number of aliphatic hydroxyl groups is 2. The van der Waals surface area contributed by atoms with Gasteiger partial charge < -0.3 is 25.4 Å². The van der Waals surface area contributed by atoms with Crippen LogP contribution in [0, 0.1) is 38.7 Å². The second kappa shape index (κ2) is 12.9. The van der Waals surface area contributed by atoms with E-state index < -0.39 is 71.2 Å². The Balaban J connectivity index is 1.14. The number of aliphatic carboxylic acids is 1. The molecule has 0 unspecified atom stereocenters. The highest BCUT2D eigenvalue weighted by atomic mass is 16.6. The topological polar surface area (TPSA) is 210 Å². The zero-order chi connectivity index (χ0) is 34.3. The van der Waals surface area contributed by atoms with Gasteiger partial charge in [-0.25, -0.2) is 4.79 Å². The molecule has 254 valence electrons. The van der Waals surface area contributed by atoms with E-state index in [0.29, 0.717) is 31.1 Å². The monoisotopic (exact) mass is 654 g/mol. The van der Waals surface area contributed by atoms with E-state index in [0.717, 1.165) is 31.7 Å². The Morgan fingerprint density at radius 2 is 1.79 bits per heavy atom. The predicted molar refractivity (Wildman–Crippen MR) is 164 cm³/mol. The molecule has 13 heteroatoms. The lowest BCUT2D eigenvalue weighted by Gasteiger charge is -2.58. The number of rotatable bonds is 11. The number of carboxylic acids is 1. The maximum absolute atomic E-state index is 13.5. The number of carboxylic acid groups (broad SMARTS) is 1. The van der Waals surface area contributed by atoms with E-state index in [2.05, 4.69) is 12.2 Å². The first-order chi connectivity index (χ1) is 22.1. The summed E-state index contributed by atoms with van der Waals surface area (Å²) in [5, 5.41) is 45.0. The summed E-state index contributed by atoms with van der Waals surface area (Å²) in [6.07, 6.45) is 4.56. The number of non-ortho nitro benzene ring substituents is 1. The molecular formula is C34H42N2O11. The molecule has 4 aliphatic carbocycles. The van der Waals surface area contributed by atoms with Crippen LogP contribution in [0.5, 0.6) is 0 Å². The molecule has 3 saturated carbocycles. The van der Waals surface area contributed by atoms with E-state index >= 15 is 0 Å². The lowest BCUT2D eigenvalue weighted by Crippen LogP contribution is -2.58. The molecule has 1 aromatic rings. The van der Waals surface area contributed by atoms with Crippen molar-refractivity contribution < 1.29 is 49.0 Å². The Labute approximate surface area is 271 Å². The number of esters is 1. The number of carbonyl (C=O) groups is 5. The molecule has 13 nitrogen and oxygen atoms in total. The first kappa shape index (κ1) is 34.4. The quantitative estimate of drug-likeness (QED) is 0.154. The van der Waals surface area contributed by atoms with Gasteiger partial charge in [0.25, 0.3) is 5.69 Å². The normalized spacial score (nSPS) is 32.5. The van der Waals surface area contributed by atoms with Gasteiger partial charge in [0.05, 0.1) is 11.3 Å². The van der Waals surface area contributed by atoms with Crippen LogP contribution in [0.1, 0.15) is 89.7 Å². The van der Waals surface area contributed by atoms with E-state index in [1.54, 1.807) is 0 Å². The van der Waals surface area contributed by atoms with Crippen molar-refractivity contribution in [3.8, 4) is 0 Å². The van der Waals surface area contributed by atoms with Crippen molar-refractivity contribution in [3.05, 3.63) is 51.6 Å². The first-order valence-electron chi connectivity index (χ1n) is 16.2. The van der Waals surface area contributed by atoms with E-state index in [-0.39, 0.29) is 34.8 Å². The Morgan fingerprint density at radius 1 is 1.06 bits per heavy atom. The molecular weight excluding hydrogens is 612 g/mol. The number of ether oxygens (including phenoxy) is 1. The minimum atomic E-state index is -1.85. The summed E-state index contributed by atoms with van der Waals surface area (Å²) < 4.78 is 5.17. The molecule has 8 atom stereocenters. The van der Waals surface area contributed by atoms with Crippen LogP contribution >= 0.6 is 0 Å². The Hall–Kier alpha value is -3.97. The summed E-state index contributed by atoms with van der Waals surface area (Å²) >= 11 is 0. The second-order valence-corrected chi connectivity index (χ2v) is 14.1. The van der Waals surface area contributed by atoms with Gasteiger partial charge >= 0.3 is 11.9 Å². The van der Waals surface area contributed by atoms with E-state index in [1.807, 2.05) is 13.0 Å². The molecule has 0 spiro atoms.